The van der Waals surface area contributed by atoms with Gasteiger partial charge in [0.2, 0.25) is 11.9 Å². The fraction of sp³-hybridized carbons (Fsp3) is 0.429. The van der Waals surface area contributed by atoms with Gasteiger partial charge >= 0.3 is 0 Å². The second-order valence-corrected chi connectivity index (χ2v) is 8.52. The van der Waals surface area contributed by atoms with Crippen LogP contribution in [-0.2, 0) is 10.2 Å². The minimum atomic E-state index is -0.518. The van der Waals surface area contributed by atoms with Gasteiger partial charge in [0.15, 0.2) is 11.5 Å². The number of piperidine rings is 1. The Labute approximate surface area is 174 Å². The summed E-state index contributed by atoms with van der Waals surface area (Å²) in [4.78, 5) is 21.3. The SMILES string of the molecule is CC1(C)C(=O)Nc2cc(Nc3nc4c(NCC5CCNCC5)nccn4n3)ccc21. The van der Waals surface area contributed by atoms with Crippen molar-refractivity contribution in [2.75, 3.05) is 35.6 Å². The van der Waals surface area contributed by atoms with E-state index >= 15 is 0 Å². The fourth-order valence-electron chi connectivity index (χ4n) is 4.12. The summed E-state index contributed by atoms with van der Waals surface area (Å²) in [5.74, 6) is 1.87. The number of hydrogen-bond acceptors (Lipinski definition) is 7. The van der Waals surface area contributed by atoms with Gasteiger partial charge < -0.3 is 21.3 Å². The molecule has 30 heavy (non-hydrogen) atoms. The number of amides is 1. The van der Waals surface area contributed by atoms with Crippen LogP contribution in [0.3, 0.4) is 0 Å². The average molecular weight is 406 g/mol. The lowest BCUT2D eigenvalue weighted by Crippen LogP contribution is -2.31. The van der Waals surface area contributed by atoms with Gasteiger partial charge in [-0.1, -0.05) is 6.07 Å². The first-order valence-corrected chi connectivity index (χ1v) is 10.4. The normalized spacial score (nSPS) is 18.3. The Morgan fingerprint density at radius 2 is 2.10 bits per heavy atom. The Kier molecular flexibility index (Phi) is 4.54. The van der Waals surface area contributed by atoms with Gasteiger partial charge in [0.1, 0.15) is 0 Å². The molecule has 3 aromatic rings. The highest BCUT2D eigenvalue weighted by Crippen LogP contribution is 2.38. The first-order chi connectivity index (χ1) is 14.5. The molecule has 4 N–H and O–H groups in total. The van der Waals surface area contributed by atoms with Gasteiger partial charge in [0.05, 0.1) is 5.41 Å². The number of carbonyl (C=O) groups is 1. The van der Waals surface area contributed by atoms with Crippen molar-refractivity contribution < 1.29 is 4.79 Å². The first-order valence-electron chi connectivity index (χ1n) is 10.4. The van der Waals surface area contributed by atoms with Gasteiger partial charge in [-0.15, -0.1) is 5.10 Å². The number of nitrogens with zero attached hydrogens (tertiary/aromatic N) is 4. The van der Waals surface area contributed by atoms with Crippen molar-refractivity contribution in [3.8, 4) is 0 Å². The molecule has 156 valence electrons. The maximum absolute atomic E-state index is 12.2. The van der Waals surface area contributed by atoms with E-state index in [0.29, 0.717) is 17.5 Å². The number of hydrogen-bond donors (Lipinski definition) is 4. The maximum Gasteiger partial charge on any atom is 0.247 e. The lowest BCUT2D eigenvalue weighted by atomic mass is 9.86. The Morgan fingerprint density at radius 1 is 1.27 bits per heavy atom. The number of benzene rings is 1. The van der Waals surface area contributed by atoms with Gasteiger partial charge in [-0.3, -0.25) is 4.79 Å². The van der Waals surface area contributed by atoms with Gasteiger partial charge in [-0.05, 0) is 63.4 Å². The zero-order valence-corrected chi connectivity index (χ0v) is 17.2. The third-order valence-electron chi connectivity index (χ3n) is 6.04. The number of rotatable bonds is 5. The molecule has 1 amide bonds. The van der Waals surface area contributed by atoms with Crippen LogP contribution >= 0.6 is 0 Å². The van der Waals surface area contributed by atoms with E-state index in [1.807, 2.05) is 32.0 Å². The highest BCUT2D eigenvalue weighted by molar-refractivity contribution is 6.06. The molecule has 0 atom stereocenters. The Hall–Kier alpha value is -3.20. The summed E-state index contributed by atoms with van der Waals surface area (Å²) in [6.45, 7) is 6.87. The average Bonchev–Trinajstić information content (AvgIpc) is 3.25. The molecule has 5 rings (SSSR count). The molecule has 9 nitrogen and oxygen atoms in total. The minimum absolute atomic E-state index is 0.0102. The number of anilines is 4. The third-order valence-corrected chi connectivity index (χ3v) is 6.04. The maximum atomic E-state index is 12.2. The predicted octanol–water partition coefficient (Wildman–Crippen LogP) is 2.51. The molecule has 0 saturated carbocycles. The van der Waals surface area contributed by atoms with Crippen LogP contribution < -0.4 is 21.3 Å². The highest BCUT2D eigenvalue weighted by atomic mass is 16.2. The summed E-state index contributed by atoms with van der Waals surface area (Å²) >= 11 is 0. The van der Waals surface area contributed by atoms with E-state index in [1.165, 1.54) is 12.8 Å². The van der Waals surface area contributed by atoms with Gasteiger partial charge in [-0.25, -0.2) is 9.50 Å². The topological polar surface area (TPSA) is 108 Å². The summed E-state index contributed by atoms with van der Waals surface area (Å²) in [7, 11) is 0. The molecule has 0 bridgehead atoms. The predicted molar refractivity (Wildman–Crippen MR) is 116 cm³/mol. The van der Waals surface area contributed by atoms with Crippen LogP contribution in [-0.4, -0.2) is 45.1 Å². The molecule has 2 aromatic heterocycles. The van der Waals surface area contributed by atoms with E-state index in [9.17, 15) is 4.79 Å². The molecule has 1 aromatic carbocycles. The van der Waals surface area contributed by atoms with Gasteiger partial charge in [-0.2, -0.15) is 4.98 Å². The summed E-state index contributed by atoms with van der Waals surface area (Å²) in [5.41, 5.74) is 2.80. The summed E-state index contributed by atoms with van der Waals surface area (Å²) in [6.07, 6.45) is 5.85. The monoisotopic (exact) mass is 406 g/mol. The smallest absolute Gasteiger partial charge is 0.247 e. The van der Waals surface area contributed by atoms with E-state index < -0.39 is 5.41 Å². The molecule has 4 heterocycles. The van der Waals surface area contributed by atoms with E-state index in [4.69, 9.17) is 0 Å². The van der Waals surface area contributed by atoms with Crippen LogP contribution in [0.15, 0.2) is 30.6 Å². The van der Waals surface area contributed by atoms with Crippen LogP contribution in [0.2, 0.25) is 0 Å². The van der Waals surface area contributed by atoms with Crippen LogP contribution in [0.25, 0.3) is 5.65 Å². The lowest BCUT2D eigenvalue weighted by Gasteiger charge is -2.22. The molecule has 0 aliphatic carbocycles. The summed E-state index contributed by atoms with van der Waals surface area (Å²) < 4.78 is 1.72. The van der Waals surface area contributed by atoms with Crippen LogP contribution in [0.4, 0.5) is 23.1 Å². The molecule has 0 radical (unpaired) electrons. The van der Waals surface area contributed by atoms with Crippen LogP contribution in [0.1, 0.15) is 32.3 Å². The summed E-state index contributed by atoms with van der Waals surface area (Å²) in [6, 6.07) is 5.84. The molecule has 1 saturated heterocycles. The standard InChI is InChI=1S/C21H26N8O/c1-21(2)15-4-3-14(11-16(15)26-19(21)30)25-20-27-18-17(23-9-10-29(18)28-20)24-12-13-5-7-22-8-6-13/h3-4,9-11,13,22H,5-8,12H2,1-2H3,(H,23,24)(H,25,28)(H,26,30). The molecule has 2 aliphatic rings. The van der Waals surface area contributed by atoms with Crippen LogP contribution in [0, 0.1) is 5.92 Å². The zero-order chi connectivity index (χ0) is 20.7. The zero-order valence-electron chi connectivity index (χ0n) is 17.2. The van der Waals surface area contributed by atoms with E-state index in [2.05, 4.69) is 36.3 Å². The lowest BCUT2D eigenvalue weighted by molar-refractivity contribution is -0.119. The molecule has 0 spiro atoms. The fourth-order valence-corrected chi connectivity index (χ4v) is 4.12. The van der Waals surface area contributed by atoms with Crippen molar-refractivity contribution in [3.05, 3.63) is 36.2 Å². The molecule has 0 unspecified atom stereocenters. The highest BCUT2D eigenvalue weighted by Gasteiger charge is 2.38. The Bertz CT molecular complexity index is 1100. The first kappa shape index (κ1) is 18.8. The van der Waals surface area contributed by atoms with Gasteiger partial charge in [0.25, 0.3) is 0 Å². The number of aromatic nitrogens is 4. The minimum Gasteiger partial charge on any atom is -0.367 e. The van der Waals surface area contributed by atoms with E-state index in [1.54, 1.807) is 16.9 Å². The van der Waals surface area contributed by atoms with E-state index in [-0.39, 0.29) is 5.91 Å². The van der Waals surface area contributed by atoms with E-state index in [0.717, 1.165) is 42.4 Å². The number of fused-ring (bicyclic) bond motifs is 2. The van der Waals surface area contributed by atoms with Crippen LogP contribution in [0.5, 0.6) is 0 Å². The van der Waals surface area contributed by atoms with Crippen molar-refractivity contribution in [2.45, 2.75) is 32.1 Å². The molecular formula is C21H26N8O. The van der Waals surface area contributed by atoms with Crippen molar-refractivity contribution >= 4 is 34.7 Å². The Balaban J connectivity index is 1.35. The van der Waals surface area contributed by atoms with Gasteiger partial charge in [0, 0.05) is 30.3 Å². The Morgan fingerprint density at radius 3 is 2.93 bits per heavy atom. The third kappa shape index (κ3) is 3.35. The number of carbonyl (C=O) groups excluding carboxylic acids is 1. The van der Waals surface area contributed by atoms with Crippen molar-refractivity contribution in [2.24, 2.45) is 5.92 Å². The second-order valence-electron chi connectivity index (χ2n) is 8.52. The number of nitrogens with one attached hydrogen (secondary N) is 4. The summed E-state index contributed by atoms with van der Waals surface area (Å²) in [5, 5.41) is 17.5. The van der Waals surface area contributed by atoms with Crippen molar-refractivity contribution in [1.82, 2.24) is 24.9 Å². The van der Waals surface area contributed by atoms with Crippen molar-refractivity contribution in [3.63, 3.8) is 0 Å². The second kappa shape index (κ2) is 7.24. The quantitative estimate of drug-likeness (QED) is 0.516. The largest absolute Gasteiger partial charge is 0.367 e. The molecular weight excluding hydrogens is 380 g/mol. The van der Waals surface area contributed by atoms with Crippen molar-refractivity contribution in [1.29, 1.82) is 0 Å². The molecule has 2 aliphatic heterocycles. The molecule has 1 fully saturated rings. The molecule has 9 heteroatoms.